The first-order valence-electron chi connectivity index (χ1n) is 10.7. The molecule has 162 valence electrons. The minimum atomic E-state index is -0.0852. The number of rotatable bonds is 6. The third kappa shape index (κ3) is 5.82. The Bertz CT molecular complexity index is 925. The molecule has 1 fully saturated rings. The van der Waals surface area contributed by atoms with Crippen molar-refractivity contribution in [2.24, 2.45) is 10.9 Å². The van der Waals surface area contributed by atoms with Gasteiger partial charge in [0.15, 0.2) is 6.19 Å². The molecule has 0 atom stereocenters. The standard InChI is InChI=1S/C24H30N6O/c1-18-8-9-20(15-27-18)22(31)29-16-24(21-6-4-3-5-7-21)12-10-19(11-13-24)14-28-23(26-2)30-17-25/h3-9,15,19H,10-14,16H2,1-2H3,(H,29,31)(H2,26,28,30). The summed E-state index contributed by atoms with van der Waals surface area (Å²) in [6.45, 7) is 3.28. The van der Waals surface area contributed by atoms with E-state index in [0.29, 0.717) is 24.0 Å². The van der Waals surface area contributed by atoms with Gasteiger partial charge in [-0.1, -0.05) is 30.3 Å². The van der Waals surface area contributed by atoms with Crippen molar-refractivity contribution < 1.29 is 4.79 Å². The van der Waals surface area contributed by atoms with Crippen LogP contribution in [0.5, 0.6) is 0 Å². The van der Waals surface area contributed by atoms with Gasteiger partial charge in [0.2, 0.25) is 5.96 Å². The lowest BCUT2D eigenvalue weighted by molar-refractivity contribution is 0.0932. The van der Waals surface area contributed by atoms with E-state index in [1.54, 1.807) is 13.2 Å². The lowest BCUT2D eigenvalue weighted by Gasteiger charge is -2.41. The first-order chi connectivity index (χ1) is 15.1. The van der Waals surface area contributed by atoms with Crippen LogP contribution < -0.4 is 16.0 Å². The molecule has 7 nitrogen and oxygen atoms in total. The SMILES string of the molecule is CN=C(NC#N)NCC1CCC(CNC(=O)c2ccc(C)nc2)(c2ccccc2)CC1. The van der Waals surface area contributed by atoms with Crippen LogP contribution >= 0.6 is 0 Å². The van der Waals surface area contributed by atoms with Crippen molar-refractivity contribution in [3.63, 3.8) is 0 Å². The second kappa shape index (κ2) is 10.6. The average Bonchev–Trinajstić information content (AvgIpc) is 2.82. The zero-order valence-electron chi connectivity index (χ0n) is 18.2. The van der Waals surface area contributed by atoms with E-state index < -0.39 is 0 Å². The van der Waals surface area contributed by atoms with Crippen LogP contribution in [-0.2, 0) is 5.41 Å². The maximum Gasteiger partial charge on any atom is 0.252 e. The van der Waals surface area contributed by atoms with Crippen molar-refractivity contribution in [1.29, 1.82) is 5.26 Å². The molecule has 1 aromatic heterocycles. The number of aryl methyl sites for hydroxylation is 1. The van der Waals surface area contributed by atoms with Gasteiger partial charge >= 0.3 is 0 Å². The Kier molecular flexibility index (Phi) is 7.60. The number of hydrogen-bond donors (Lipinski definition) is 3. The minimum Gasteiger partial charge on any atom is -0.355 e. The van der Waals surface area contributed by atoms with Gasteiger partial charge in [-0.2, -0.15) is 5.26 Å². The summed E-state index contributed by atoms with van der Waals surface area (Å²) in [6.07, 6.45) is 7.57. The van der Waals surface area contributed by atoms with Crippen LogP contribution in [0.3, 0.4) is 0 Å². The van der Waals surface area contributed by atoms with Crippen LogP contribution in [0.4, 0.5) is 0 Å². The quantitative estimate of drug-likeness (QED) is 0.290. The third-order valence-electron chi connectivity index (χ3n) is 6.17. The first-order valence-corrected chi connectivity index (χ1v) is 10.7. The van der Waals surface area contributed by atoms with Crippen molar-refractivity contribution >= 4 is 11.9 Å². The molecule has 0 radical (unpaired) electrons. The van der Waals surface area contributed by atoms with E-state index >= 15 is 0 Å². The Hall–Kier alpha value is -3.40. The molecule has 1 aromatic carbocycles. The molecule has 1 aliphatic rings. The number of amides is 1. The number of benzene rings is 1. The summed E-state index contributed by atoms with van der Waals surface area (Å²) in [4.78, 5) is 21.0. The molecule has 2 aromatic rings. The first kappa shape index (κ1) is 22.3. The average molecular weight is 419 g/mol. The van der Waals surface area contributed by atoms with E-state index in [9.17, 15) is 4.79 Å². The largest absolute Gasteiger partial charge is 0.355 e. The van der Waals surface area contributed by atoms with E-state index in [1.165, 1.54) is 5.56 Å². The molecule has 31 heavy (non-hydrogen) atoms. The van der Waals surface area contributed by atoms with Gasteiger partial charge in [0, 0.05) is 37.4 Å². The molecule has 7 heteroatoms. The number of nitriles is 1. The third-order valence-corrected chi connectivity index (χ3v) is 6.17. The summed E-state index contributed by atoms with van der Waals surface area (Å²) in [6, 6.07) is 14.2. The Morgan fingerprint density at radius 1 is 1.19 bits per heavy atom. The van der Waals surface area contributed by atoms with Gasteiger partial charge < -0.3 is 10.6 Å². The molecule has 1 saturated carbocycles. The molecule has 1 amide bonds. The Morgan fingerprint density at radius 3 is 2.55 bits per heavy atom. The van der Waals surface area contributed by atoms with E-state index in [1.807, 2.05) is 31.3 Å². The monoisotopic (exact) mass is 418 g/mol. The highest BCUT2D eigenvalue weighted by molar-refractivity contribution is 5.93. The minimum absolute atomic E-state index is 0.0852. The molecule has 0 spiro atoms. The van der Waals surface area contributed by atoms with E-state index in [2.05, 4.69) is 50.2 Å². The Balaban J connectivity index is 1.65. The number of guanidine groups is 1. The van der Waals surface area contributed by atoms with Gasteiger partial charge in [-0.25, -0.2) is 0 Å². The number of hydrogen-bond acceptors (Lipinski definition) is 4. The number of nitrogens with one attached hydrogen (secondary N) is 3. The van der Waals surface area contributed by atoms with Crippen molar-refractivity contribution in [3.8, 4) is 6.19 Å². The van der Waals surface area contributed by atoms with Crippen LogP contribution in [0.1, 0.15) is 47.3 Å². The highest BCUT2D eigenvalue weighted by Crippen LogP contribution is 2.41. The lowest BCUT2D eigenvalue weighted by Crippen LogP contribution is -2.45. The molecule has 0 unspecified atom stereocenters. The Labute approximate surface area is 184 Å². The highest BCUT2D eigenvalue weighted by Gasteiger charge is 2.37. The summed E-state index contributed by atoms with van der Waals surface area (Å²) in [5.74, 6) is 0.908. The van der Waals surface area contributed by atoms with Crippen LogP contribution in [0.25, 0.3) is 0 Å². The van der Waals surface area contributed by atoms with Crippen molar-refractivity contribution in [2.75, 3.05) is 20.1 Å². The van der Waals surface area contributed by atoms with Gasteiger partial charge in [-0.05, 0) is 56.2 Å². The van der Waals surface area contributed by atoms with Gasteiger partial charge in [0.1, 0.15) is 0 Å². The highest BCUT2D eigenvalue weighted by atomic mass is 16.1. The number of carbonyl (C=O) groups is 1. The molecule has 1 aliphatic carbocycles. The lowest BCUT2D eigenvalue weighted by atomic mass is 9.66. The zero-order valence-corrected chi connectivity index (χ0v) is 18.2. The molecule has 3 rings (SSSR count). The molecule has 0 saturated heterocycles. The maximum atomic E-state index is 12.7. The van der Waals surface area contributed by atoms with E-state index in [-0.39, 0.29) is 11.3 Å². The predicted octanol–water partition coefficient (Wildman–Crippen LogP) is 2.89. The fraction of sp³-hybridized carbons (Fsp3) is 0.417. The maximum absolute atomic E-state index is 12.7. The number of aliphatic imine (C=N–C) groups is 1. The van der Waals surface area contributed by atoms with Crippen LogP contribution in [0.2, 0.25) is 0 Å². The molecular weight excluding hydrogens is 388 g/mol. The number of nitrogens with zero attached hydrogens (tertiary/aromatic N) is 3. The van der Waals surface area contributed by atoms with Crippen molar-refractivity contribution in [2.45, 2.75) is 38.0 Å². The van der Waals surface area contributed by atoms with Crippen molar-refractivity contribution in [1.82, 2.24) is 20.9 Å². The van der Waals surface area contributed by atoms with Gasteiger partial charge in [0.25, 0.3) is 5.91 Å². The number of pyridine rings is 1. The molecular formula is C24H30N6O. The summed E-state index contributed by atoms with van der Waals surface area (Å²) in [7, 11) is 1.65. The fourth-order valence-electron chi connectivity index (χ4n) is 4.22. The summed E-state index contributed by atoms with van der Waals surface area (Å²) < 4.78 is 0. The summed E-state index contributed by atoms with van der Waals surface area (Å²) >= 11 is 0. The number of aromatic nitrogens is 1. The van der Waals surface area contributed by atoms with Gasteiger partial charge in [0.05, 0.1) is 5.56 Å². The van der Waals surface area contributed by atoms with Crippen LogP contribution in [-0.4, -0.2) is 37.0 Å². The zero-order chi connectivity index (χ0) is 22.1. The van der Waals surface area contributed by atoms with Crippen molar-refractivity contribution in [3.05, 3.63) is 65.5 Å². The molecule has 3 N–H and O–H groups in total. The summed E-state index contributed by atoms with van der Waals surface area (Å²) in [5.41, 5.74) is 2.66. The van der Waals surface area contributed by atoms with Crippen LogP contribution in [0, 0.1) is 24.3 Å². The van der Waals surface area contributed by atoms with E-state index in [0.717, 1.165) is 37.9 Å². The molecule has 1 heterocycles. The van der Waals surface area contributed by atoms with E-state index in [4.69, 9.17) is 5.26 Å². The second-order valence-corrected chi connectivity index (χ2v) is 8.15. The fourth-order valence-corrected chi connectivity index (χ4v) is 4.22. The topological polar surface area (TPSA) is 102 Å². The smallest absolute Gasteiger partial charge is 0.252 e. The molecule has 0 bridgehead atoms. The van der Waals surface area contributed by atoms with Gasteiger partial charge in [-0.3, -0.25) is 20.1 Å². The van der Waals surface area contributed by atoms with Gasteiger partial charge in [-0.15, -0.1) is 0 Å². The van der Waals surface area contributed by atoms with Crippen LogP contribution in [0.15, 0.2) is 53.7 Å². The Morgan fingerprint density at radius 2 is 1.94 bits per heavy atom. The summed E-state index contributed by atoms with van der Waals surface area (Å²) in [5, 5.41) is 17.7. The number of carbonyl (C=O) groups excluding carboxylic acids is 1. The second-order valence-electron chi connectivity index (χ2n) is 8.15. The normalized spacial score (nSPS) is 21.1. The predicted molar refractivity (Wildman–Crippen MR) is 121 cm³/mol. The molecule has 0 aliphatic heterocycles.